The molecule has 3 heteroatoms. The molecule has 0 saturated carbocycles. The molecule has 2 saturated heterocycles. The molecule has 0 aromatic carbocycles. The fourth-order valence-corrected chi connectivity index (χ4v) is 3.91. The molecule has 0 aliphatic carbocycles. The second-order valence-corrected chi connectivity index (χ2v) is 7.79. The van der Waals surface area contributed by atoms with E-state index >= 15 is 4.39 Å². The molecule has 2 nitrogen and oxygen atoms in total. The van der Waals surface area contributed by atoms with Crippen LogP contribution in [0.4, 0.5) is 4.39 Å². The van der Waals surface area contributed by atoms with Crippen LogP contribution >= 0.6 is 0 Å². The zero-order valence-electron chi connectivity index (χ0n) is 14.0. The average molecular weight is 284 g/mol. The summed E-state index contributed by atoms with van der Waals surface area (Å²) in [6, 6.07) is 0.551. The Morgan fingerprint density at radius 3 is 2.00 bits per heavy atom. The Morgan fingerprint density at radius 1 is 1.05 bits per heavy atom. The molecule has 2 aliphatic heterocycles. The first-order chi connectivity index (χ1) is 9.31. The van der Waals surface area contributed by atoms with Crippen LogP contribution in [-0.2, 0) is 0 Å². The van der Waals surface area contributed by atoms with Crippen LogP contribution in [0.5, 0.6) is 0 Å². The summed E-state index contributed by atoms with van der Waals surface area (Å²) >= 11 is 0. The summed E-state index contributed by atoms with van der Waals surface area (Å²) in [5.41, 5.74) is -0.953. The number of alkyl halides is 1. The lowest BCUT2D eigenvalue weighted by Gasteiger charge is -2.45. The molecule has 118 valence electrons. The van der Waals surface area contributed by atoms with Crippen LogP contribution < -0.4 is 0 Å². The number of hydrogen-bond donors (Lipinski definition) is 0. The van der Waals surface area contributed by atoms with Gasteiger partial charge >= 0.3 is 0 Å². The van der Waals surface area contributed by atoms with E-state index in [2.05, 4.69) is 44.4 Å². The van der Waals surface area contributed by atoms with Crippen molar-refractivity contribution in [1.82, 2.24) is 9.80 Å². The third-order valence-electron chi connectivity index (χ3n) is 5.82. The van der Waals surface area contributed by atoms with Gasteiger partial charge in [0.1, 0.15) is 5.67 Å². The Balaban J connectivity index is 1.87. The van der Waals surface area contributed by atoms with Crippen molar-refractivity contribution in [3.05, 3.63) is 0 Å². The highest BCUT2D eigenvalue weighted by Crippen LogP contribution is 2.33. The number of halogens is 1. The minimum Gasteiger partial charge on any atom is -0.301 e. The van der Waals surface area contributed by atoms with Gasteiger partial charge in [0.15, 0.2) is 0 Å². The topological polar surface area (TPSA) is 6.48 Å². The van der Waals surface area contributed by atoms with Gasteiger partial charge < -0.3 is 4.90 Å². The third kappa shape index (κ3) is 3.73. The minimum atomic E-state index is -0.953. The molecule has 0 radical (unpaired) electrons. The largest absolute Gasteiger partial charge is 0.301 e. The molecule has 20 heavy (non-hydrogen) atoms. The molecule has 0 spiro atoms. The fourth-order valence-electron chi connectivity index (χ4n) is 3.91. The van der Waals surface area contributed by atoms with Crippen LogP contribution in [0.1, 0.15) is 47.5 Å². The second-order valence-electron chi connectivity index (χ2n) is 7.79. The van der Waals surface area contributed by atoms with Crippen LogP contribution in [0.15, 0.2) is 0 Å². The molecule has 2 aliphatic rings. The van der Waals surface area contributed by atoms with Gasteiger partial charge in [-0.15, -0.1) is 0 Å². The van der Waals surface area contributed by atoms with Gasteiger partial charge in [-0.05, 0) is 44.4 Å². The van der Waals surface area contributed by atoms with Crippen LogP contribution in [0.25, 0.3) is 0 Å². The van der Waals surface area contributed by atoms with E-state index in [9.17, 15) is 0 Å². The van der Waals surface area contributed by atoms with Crippen molar-refractivity contribution in [1.29, 1.82) is 0 Å². The minimum absolute atomic E-state index is 0.551. The van der Waals surface area contributed by atoms with E-state index in [0.717, 1.165) is 32.1 Å². The number of rotatable bonds is 3. The summed E-state index contributed by atoms with van der Waals surface area (Å²) in [5, 5.41) is 0. The molecule has 0 amide bonds. The van der Waals surface area contributed by atoms with Crippen molar-refractivity contribution in [3.8, 4) is 0 Å². The van der Waals surface area contributed by atoms with E-state index in [1.54, 1.807) is 0 Å². The third-order valence-corrected chi connectivity index (χ3v) is 5.82. The van der Waals surface area contributed by atoms with E-state index in [1.807, 2.05) is 0 Å². The van der Waals surface area contributed by atoms with Crippen LogP contribution in [0.3, 0.4) is 0 Å². The Morgan fingerprint density at radius 2 is 1.55 bits per heavy atom. The number of piperidine rings is 2. The molecule has 3 atom stereocenters. The molecule has 2 fully saturated rings. The van der Waals surface area contributed by atoms with Gasteiger partial charge in [0, 0.05) is 38.8 Å². The average Bonchev–Trinajstić information content (AvgIpc) is 2.36. The van der Waals surface area contributed by atoms with Gasteiger partial charge in [0.2, 0.25) is 0 Å². The van der Waals surface area contributed by atoms with Gasteiger partial charge in [-0.25, -0.2) is 4.39 Å². The summed E-state index contributed by atoms with van der Waals surface area (Å²) in [5.74, 6) is 2.15. The van der Waals surface area contributed by atoms with Gasteiger partial charge in [-0.2, -0.15) is 0 Å². The molecule has 0 bridgehead atoms. The van der Waals surface area contributed by atoms with E-state index in [-0.39, 0.29) is 0 Å². The van der Waals surface area contributed by atoms with Crippen LogP contribution in [0.2, 0.25) is 0 Å². The normalized spacial score (nSPS) is 36.5. The number of likely N-dealkylation sites (tertiary alicyclic amines) is 2. The zero-order chi connectivity index (χ0) is 14.9. The summed E-state index contributed by atoms with van der Waals surface area (Å²) < 4.78 is 15.1. The molecular weight excluding hydrogens is 251 g/mol. The maximum Gasteiger partial charge on any atom is 0.126 e. The highest BCUT2D eigenvalue weighted by Gasteiger charge is 2.39. The first kappa shape index (κ1) is 16.2. The first-order valence-electron chi connectivity index (χ1n) is 8.46. The predicted octanol–water partition coefficient (Wildman–Crippen LogP) is 3.42. The van der Waals surface area contributed by atoms with Crippen molar-refractivity contribution in [2.75, 3.05) is 32.7 Å². The quantitative estimate of drug-likeness (QED) is 0.783. The van der Waals surface area contributed by atoms with E-state index in [0.29, 0.717) is 37.3 Å². The van der Waals surface area contributed by atoms with Gasteiger partial charge in [-0.3, -0.25) is 4.90 Å². The van der Waals surface area contributed by atoms with E-state index in [1.165, 1.54) is 0 Å². The van der Waals surface area contributed by atoms with Crippen molar-refractivity contribution < 1.29 is 4.39 Å². The lowest BCUT2D eigenvalue weighted by molar-refractivity contribution is -0.0103. The first-order valence-corrected chi connectivity index (χ1v) is 8.46. The van der Waals surface area contributed by atoms with Crippen molar-refractivity contribution in [2.24, 2.45) is 17.8 Å². The monoisotopic (exact) mass is 284 g/mol. The van der Waals surface area contributed by atoms with Crippen molar-refractivity contribution in [3.63, 3.8) is 0 Å². The molecule has 0 N–H and O–H groups in total. The van der Waals surface area contributed by atoms with E-state index in [4.69, 9.17) is 0 Å². The van der Waals surface area contributed by atoms with E-state index < -0.39 is 5.67 Å². The highest BCUT2D eigenvalue weighted by atomic mass is 19.1. The molecule has 2 heterocycles. The molecular formula is C17H33FN2. The van der Waals surface area contributed by atoms with Crippen molar-refractivity contribution in [2.45, 2.75) is 59.2 Å². The van der Waals surface area contributed by atoms with Gasteiger partial charge in [0.25, 0.3) is 0 Å². The zero-order valence-corrected chi connectivity index (χ0v) is 14.0. The second kappa shape index (κ2) is 6.31. The molecule has 2 rings (SSSR count). The molecule has 0 aromatic heterocycles. The smallest absolute Gasteiger partial charge is 0.126 e. The molecule has 1 unspecified atom stereocenters. The number of hydrogen-bond acceptors (Lipinski definition) is 2. The fraction of sp³-hybridized carbons (Fsp3) is 1.00. The Bertz CT molecular complexity index is 298. The summed E-state index contributed by atoms with van der Waals surface area (Å²) in [7, 11) is 0. The Hall–Kier alpha value is -0.150. The predicted molar refractivity (Wildman–Crippen MR) is 83.7 cm³/mol. The highest BCUT2D eigenvalue weighted by molar-refractivity contribution is 4.92. The van der Waals surface area contributed by atoms with Gasteiger partial charge in [-0.1, -0.05) is 20.8 Å². The summed E-state index contributed by atoms with van der Waals surface area (Å²) in [4.78, 5) is 4.79. The Kier molecular flexibility index (Phi) is 5.12. The SMILES string of the molecule is CC1[C@H](C)CN(CC2(F)CCN(C(C)C)CC2)C[C@@H]1C. The van der Waals surface area contributed by atoms with Crippen LogP contribution in [-0.4, -0.2) is 54.2 Å². The maximum atomic E-state index is 15.1. The summed E-state index contributed by atoms with van der Waals surface area (Å²) in [6.45, 7) is 16.0. The lowest BCUT2D eigenvalue weighted by Crippen LogP contribution is -2.53. The molecule has 0 aromatic rings. The number of nitrogens with zero attached hydrogens (tertiary/aromatic N) is 2. The lowest BCUT2D eigenvalue weighted by atomic mass is 9.80. The standard InChI is InChI=1S/C17H33FN2/c1-13(2)20-8-6-17(18,7-9-20)12-19-10-14(3)16(5)15(4)11-19/h13-16H,6-12H2,1-5H3/t14-,15+,16?. The van der Waals surface area contributed by atoms with Crippen molar-refractivity contribution >= 4 is 0 Å². The van der Waals surface area contributed by atoms with Crippen LogP contribution in [0, 0.1) is 17.8 Å². The van der Waals surface area contributed by atoms with Gasteiger partial charge in [0.05, 0.1) is 0 Å². The summed E-state index contributed by atoms with van der Waals surface area (Å²) in [6.07, 6.45) is 1.42. The Labute approximate surface area is 124 Å². The maximum absolute atomic E-state index is 15.1.